The number of hydrogen-bond acceptors (Lipinski definition) is 6. The van der Waals surface area contributed by atoms with E-state index in [0.29, 0.717) is 5.69 Å². The molecule has 0 bridgehead atoms. The fraction of sp³-hybridized carbons (Fsp3) is 0.222. The number of rotatable bonds is 4. The molecule has 0 heterocycles. The lowest BCUT2D eigenvalue weighted by molar-refractivity contribution is 0.595. The minimum Gasteiger partial charge on any atom is -0.399 e. The normalized spacial score (nSPS) is 11.8. The first-order chi connectivity index (χ1) is 8.13. The summed E-state index contributed by atoms with van der Waals surface area (Å²) in [4.78, 5) is 0. The van der Waals surface area contributed by atoms with Gasteiger partial charge in [-0.3, -0.25) is 4.72 Å². The first kappa shape index (κ1) is 14.3. The molecule has 0 radical (unpaired) electrons. The maximum Gasteiger partial charge on any atom is 0.247 e. The molecule has 18 heavy (non-hydrogen) atoms. The van der Waals surface area contributed by atoms with Crippen LogP contribution in [0.2, 0.25) is 0 Å². The Bertz CT molecular complexity index is 702. The lowest BCUT2D eigenvalue weighted by Gasteiger charge is -2.08. The van der Waals surface area contributed by atoms with Gasteiger partial charge in [-0.05, 0) is 18.2 Å². The molecule has 0 aliphatic heterocycles. The van der Waals surface area contributed by atoms with E-state index in [1.54, 1.807) is 6.07 Å². The highest BCUT2D eigenvalue weighted by molar-refractivity contribution is 8.08. The van der Waals surface area contributed by atoms with Crippen molar-refractivity contribution in [1.82, 2.24) is 0 Å². The molecular weight excluding hydrogens is 278 g/mol. The summed E-state index contributed by atoms with van der Waals surface area (Å²) in [5.41, 5.74) is 5.76. The number of nitrogen functional groups attached to an aromatic ring is 1. The number of nitriles is 1. The van der Waals surface area contributed by atoms with Gasteiger partial charge in [0.15, 0.2) is 14.9 Å². The second kappa shape index (κ2) is 4.83. The monoisotopic (exact) mass is 289 g/mol. The van der Waals surface area contributed by atoms with Crippen LogP contribution in [0.5, 0.6) is 0 Å². The van der Waals surface area contributed by atoms with Crippen LogP contribution >= 0.6 is 0 Å². The molecule has 0 aliphatic carbocycles. The van der Waals surface area contributed by atoms with Crippen LogP contribution in [0.25, 0.3) is 0 Å². The molecule has 7 nitrogen and oxygen atoms in total. The van der Waals surface area contributed by atoms with E-state index in [-0.39, 0.29) is 11.3 Å². The van der Waals surface area contributed by atoms with Crippen LogP contribution in [0, 0.1) is 11.3 Å². The van der Waals surface area contributed by atoms with E-state index in [1.807, 2.05) is 4.72 Å². The molecule has 0 saturated carbocycles. The van der Waals surface area contributed by atoms with E-state index in [4.69, 9.17) is 11.0 Å². The van der Waals surface area contributed by atoms with Gasteiger partial charge in [0.2, 0.25) is 10.0 Å². The van der Waals surface area contributed by atoms with Crippen molar-refractivity contribution in [2.75, 3.05) is 21.8 Å². The Morgan fingerprint density at radius 2 is 1.94 bits per heavy atom. The smallest absolute Gasteiger partial charge is 0.247 e. The zero-order valence-electron chi connectivity index (χ0n) is 9.41. The van der Waals surface area contributed by atoms with Gasteiger partial charge in [0.05, 0.1) is 11.3 Å². The van der Waals surface area contributed by atoms with Crippen LogP contribution in [0.3, 0.4) is 0 Å². The van der Waals surface area contributed by atoms with Crippen molar-refractivity contribution in [3.63, 3.8) is 0 Å². The number of nitrogens with zero attached hydrogens (tertiary/aromatic N) is 1. The lowest BCUT2D eigenvalue weighted by atomic mass is 10.2. The van der Waals surface area contributed by atoms with E-state index in [1.165, 1.54) is 18.2 Å². The van der Waals surface area contributed by atoms with Crippen LogP contribution in [-0.2, 0) is 19.9 Å². The second-order valence-electron chi connectivity index (χ2n) is 3.68. The SMILES string of the molecule is CS(=O)(=O)CS(=O)(=O)Nc1ccc(N)cc1C#N. The molecule has 0 spiro atoms. The number of sulfonamides is 1. The van der Waals surface area contributed by atoms with Gasteiger partial charge in [0.25, 0.3) is 0 Å². The van der Waals surface area contributed by atoms with Crippen molar-refractivity contribution in [3.8, 4) is 6.07 Å². The van der Waals surface area contributed by atoms with Crippen LogP contribution in [0.4, 0.5) is 11.4 Å². The van der Waals surface area contributed by atoms with Crippen molar-refractivity contribution >= 4 is 31.2 Å². The first-order valence-electron chi connectivity index (χ1n) is 4.61. The maximum atomic E-state index is 11.5. The summed E-state index contributed by atoms with van der Waals surface area (Å²) in [6, 6.07) is 5.76. The van der Waals surface area contributed by atoms with Crippen molar-refractivity contribution in [1.29, 1.82) is 5.26 Å². The zero-order valence-corrected chi connectivity index (χ0v) is 11.0. The quantitative estimate of drug-likeness (QED) is 0.743. The van der Waals surface area contributed by atoms with Crippen LogP contribution in [-0.4, -0.2) is 28.2 Å². The van der Waals surface area contributed by atoms with E-state index >= 15 is 0 Å². The average Bonchev–Trinajstić information content (AvgIpc) is 2.16. The number of benzene rings is 1. The van der Waals surface area contributed by atoms with Gasteiger partial charge in [0, 0.05) is 11.9 Å². The Morgan fingerprint density at radius 1 is 1.33 bits per heavy atom. The molecule has 0 unspecified atom stereocenters. The van der Waals surface area contributed by atoms with Crippen molar-refractivity contribution < 1.29 is 16.8 Å². The maximum absolute atomic E-state index is 11.5. The third-order valence-corrected chi connectivity index (χ3v) is 5.28. The third kappa shape index (κ3) is 4.23. The second-order valence-corrected chi connectivity index (χ2v) is 7.91. The van der Waals surface area contributed by atoms with Crippen molar-refractivity contribution in [3.05, 3.63) is 23.8 Å². The molecular formula is C9H11N3O4S2. The molecule has 0 atom stereocenters. The lowest BCUT2D eigenvalue weighted by Crippen LogP contribution is -2.22. The number of sulfone groups is 1. The summed E-state index contributed by atoms with van der Waals surface area (Å²) in [7, 11) is -7.76. The predicted molar refractivity (Wildman–Crippen MR) is 67.8 cm³/mol. The van der Waals surface area contributed by atoms with Gasteiger partial charge in [-0.1, -0.05) is 0 Å². The van der Waals surface area contributed by atoms with Crippen LogP contribution in [0.15, 0.2) is 18.2 Å². The minimum atomic E-state index is -4.07. The van der Waals surface area contributed by atoms with Crippen molar-refractivity contribution in [2.45, 2.75) is 0 Å². The molecule has 9 heteroatoms. The minimum absolute atomic E-state index is 0.00431. The highest BCUT2D eigenvalue weighted by atomic mass is 32.3. The standard InChI is InChI=1S/C9H11N3O4S2/c1-17(13,14)6-18(15,16)12-9-3-2-8(11)4-7(9)5-10/h2-4,12H,6,11H2,1H3. The summed E-state index contributed by atoms with van der Waals surface area (Å²) in [6.07, 6.45) is 0.806. The molecule has 0 fully saturated rings. The summed E-state index contributed by atoms with van der Waals surface area (Å²) in [6.45, 7) is 0. The molecule has 1 rings (SSSR count). The third-order valence-electron chi connectivity index (χ3n) is 1.80. The summed E-state index contributed by atoms with van der Waals surface area (Å²) >= 11 is 0. The van der Waals surface area contributed by atoms with Crippen LogP contribution < -0.4 is 10.5 Å². The van der Waals surface area contributed by atoms with Gasteiger partial charge >= 0.3 is 0 Å². The Balaban J connectivity index is 3.10. The highest BCUT2D eigenvalue weighted by Crippen LogP contribution is 2.19. The van der Waals surface area contributed by atoms with E-state index in [2.05, 4.69) is 0 Å². The van der Waals surface area contributed by atoms with Gasteiger partial charge in [-0.15, -0.1) is 0 Å². The fourth-order valence-corrected chi connectivity index (χ4v) is 4.23. The molecule has 0 aromatic heterocycles. The molecule has 0 aliphatic rings. The van der Waals surface area contributed by atoms with Crippen molar-refractivity contribution in [2.24, 2.45) is 0 Å². The topological polar surface area (TPSA) is 130 Å². The summed E-state index contributed by atoms with van der Waals surface area (Å²) in [5.74, 6) is 0. The van der Waals surface area contributed by atoms with Crippen LogP contribution in [0.1, 0.15) is 5.56 Å². The van der Waals surface area contributed by atoms with Gasteiger partial charge in [-0.2, -0.15) is 5.26 Å². The zero-order chi connectivity index (χ0) is 14.0. The summed E-state index contributed by atoms with van der Waals surface area (Å²) in [5, 5.41) is 7.77. The van der Waals surface area contributed by atoms with Gasteiger partial charge in [-0.25, -0.2) is 16.8 Å². The van der Waals surface area contributed by atoms with E-state index in [0.717, 1.165) is 6.26 Å². The Labute approximate surface area is 105 Å². The van der Waals surface area contributed by atoms with E-state index < -0.39 is 24.9 Å². The Morgan fingerprint density at radius 3 is 2.44 bits per heavy atom. The van der Waals surface area contributed by atoms with Gasteiger partial charge < -0.3 is 5.73 Å². The predicted octanol–water partition coefficient (Wildman–Crippen LogP) is -0.116. The largest absolute Gasteiger partial charge is 0.399 e. The van der Waals surface area contributed by atoms with Gasteiger partial charge in [0.1, 0.15) is 6.07 Å². The molecule has 98 valence electrons. The fourth-order valence-electron chi connectivity index (χ4n) is 1.22. The first-order valence-corrected chi connectivity index (χ1v) is 8.32. The summed E-state index contributed by atoms with van der Waals surface area (Å²) < 4.78 is 47.0. The number of hydrogen-bond donors (Lipinski definition) is 2. The molecule has 1 aromatic rings. The highest BCUT2D eigenvalue weighted by Gasteiger charge is 2.19. The Hall–Kier alpha value is -1.79. The molecule has 0 saturated heterocycles. The number of nitrogens with one attached hydrogen (secondary N) is 1. The molecule has 1 aromatic carbocycles. The average molecular weight is 289 g/mol. The van der Waals surface area contributed by atoms with E-state index in [9.17, 15) is 16.8 Å². The number of nitrogens with two attached hydrogens (primary N) is 1. The number of anilines is 2. The molecule has 0 amide bonds. The Kier molecular flexibility index (Phi) is 3.83. The molecule has 3 N–H and O–H groups in total.